The van der Waals surface area contributed by atoms with Crippen LogP contribution < -0.4 is 0 Å². The van der Waals surface area contributed by atoms with E-state index >= 15 is 0 Å². The zero-order valence-electron chi connectivity index (χ0n) is 11.5. The van der Waals surface area contributed by atoms with Crippen LogP contribution in [-0.4, -0.2) is 26.9 Å². The Balaban J connectivity index is 3.07. The van der Waals surface area contributed by atoms with E-state index in [1.54, 1.807) is 5.01 Å². The van der Waals surface area contributed by atoms with Gasteiger partial charge in [0, 0.05) is 6.07 Å². The molecule has 0 amide bonds. The molecule has 0 atom stereocenters. The Morgan fingerprint density at radius 1 is 1.11 bits per heavy atom. The quantitative estimate of drug-likeness (QED) is 0.354. The number of rotatable bonds is 5. The molecular weight excluding hydrogens is 248 g/mol. The summed E-state index contributed by atoms with van der Waals surface area (Å²) >= 11 is 0. The van der Waals surface area contributed by atoms with Gasteiger partial charge in [0.1, 0.15) is 12.1 Å². The molecule has 0 aromatic heterocycles. The maximum atomic E-state index is 11.9. The van der Waals surface area contributed by atoms with Crippen LogP contribution in [-0.2, 0) is 0 Å². The summed E-state index contributed by atoms with van der Waals surface area (Å²) < 4.78 is 0. The minimum Gasteiger partial charge on any atom is -0.691 e. The van der Waals surface area contributed by atoms with Gasteiger partial charge in [0.05, 0.1) is 16.2 Å². The summed E-state index contributed by atoms with van der Waals surface area (Å²) in [7, 11) is 0. The van der Waals surface area contributed by atoms with E-state index in [2.05, 4.69) is 5.22 Å². The number of hydrogen-bond donors (Lipinski definition) is 0. The van der Waals surface area contributed by atoms with E-state index in [1.165, 1.54) is 24.3 Å². The molecule has 0 saturated heterocycles. The van der Waals surface area contributed by atoms with Gasteiger partial charge in [-0.3, -0.25) is 10.1 Å². The van der Waals surface area contributed by atoms with E-state index in [4.69, 9.17) is 0 Å². The van der Waals surface area contributed by atoms with Gasteiger partial charge >= 0.3 is 0 Å². The Labute approximate surface area is 111 Å². The second-order valence-electron chi connectivity index (χ2n) is 4.71. The Bertz CT molecular complexity index is 478. The van der Waals surface area contributed by atoms with E-state index in [-0.39, 0.29) is 23.5 Å². The van der Waals surface area contributed by atoms with Crippen LogP contribution in [0.4, 0.5) is 11.4 Å². The Hall–Kier alpha value is -2.18. The molecule has 0 spiro atoms. The minimum absolute atomic E-state index is 0.0650. The second kappa shape index (κ2) is 6.12. The third kappa shape index (κ3) is 3.90. The average Bonchev–Trinajstić information content (AvgIpc) is 2.34. The number of nitro groups is 1. The number of nitrogens with zero attached hydrogens (tertiary/aromatic N) is 4. The predicted octanol–water partition coefficient (Wildman–Crippen LogP) is 3.22. The predicted molar refractivity (Wildman–Crippen MR) is 70.9 cm³/mol. The second-order valence-corrected chi connectivity index (χ2v) is 4.71. The third-order valence-corrected chi connectivity index (χ3v) is 2.50. The molecule has 1 aromatic rings. The van der Waals surface area contributed by atoms with Gasteiger partial charge in [-0.15, -0.1) is 4.86 Å². The Morgan fingerprint density at radius 3 is 2.11 bits per heavy atom. The van der Waals surface area contributed by atoms with Crippen molar-refractivity contribution >= 4 is 11.4 Å². The highest BCUT2D eigenvalue weighted by atomic mass is 16.6. The molecule has 0 unspecified atom stereocenters. The van der Waals surface area contributed by atoms with E-state index in [9.17, 15) is 15.3 Å². The van der Waals surface area contributed by atoms with Crippen molar-refractivity contribution in [1.29, 1.82) is 0 Å². The highest BCUT2D eigenvalue weighted by Crippen LogP contribution is 2.20. The molecule has 0 bridgehead atoms. The first kappa shape index (κ1) is 14.9. The van der Waals surface area contributed by atoms with Crippen LogP contribution in [0.2, 0.25) is 0 Å². The minimum atomic E-state index is -0.542. The van der Waals surface area contributed by atoms with Crippen molar-refractivity contribution in [2.75, 3.05) is 0 Å². The summed E-state index contributed by atoms with van der Waals surface area (Å²) in [5.41, 5.74) is 0.00898. The first-order chi connectivity index (χ1) is 8.82. The molecule has 0 heterocycles. The first-order valence-corrected chi connectivity index (χ1v) is 6.04. The van der Waals surface area contributed by atoms with Crippen LogP contribution in [0.15, 0.2) is 29.5 Å². The zero-order chi connectivity index (χ0) is 14.6. The Kier molecular flexibility index (Phi) is 4.80. The molecule has 0 aliphatic rings. The van der Waals surface area contributed by atoms with Gasteiger partial charge in [-0.1, -0.05) is 6.07 Å². The van der Waals surface area contributed by atoms with Gasteiger partial charge in [0.15, 0.2) is 5.69 Å². The van der Waals surface area contributed by atoms with Crippen molar-refractivity contribution in [3.63, 3.8) is 0 Å². The fourth-order valence-electron chi connectivity index (χ4n) is 1.67. The molecule has 104 valence electrons. The molecule has 0 saturated carbocycles. The molecular formula is C12H18N4O3. The summed E-state index contributed by atoms with van der Waals surface area (Å²) in [6.45, 7) is 7.69. The van der Waals surface area contributed by atoms with E-state index in [0.717, 1.165) is 0 Å². The van der Waals surface area contributed by atoms with Gasteiger partial charge < -0.3 is 5.21 Å². The maximum Gasteiger partial charge on any atom is 0.273 e. The number of hydrogen-bond acceptors (Lipinski definition) is 4. The maximum absolute atomic E-state index is 11.9. The largest absolute Gasteiger partial charge is 0.691 e. The van der Waals surface area contributed by atoms with Crippen LogP contribution in [0, 0.1) is 15.3 Å². The SMILES string of the molecule is CC(C)N(/N=[N+](\[O-])c1cccc([N+](=O)[O-])c1)C(C)C. The van der Waals surface area contributed by atoms with Crippen LogP contribution >= 0.6 is 0 Å². The number of non-ortho nitro benzene ring substituents is 1. The number of benzene rings is 1. The van der Waals surface area contributed by atoms with E-state index in [0.29, 0.717) is 4.86 Å². The summed E-state index contributed by atoms with van der Waals surface area (Å²) in [6.07, 6.45) is 0. The standard InChI is InChI=1S/C12H18N4O3/c1-9(2)14(10(3)4)13-15(17)11-6-5-7-12(8-11)16(18)19/h5-10H,1-4H3/b15-13-. The molecule has 19 heavy (non-hydrogen) atoms. The topological polar surface area (TPSA) is 84.8 Å². The summed E-state index contributed by atoms with van der Waals surface area (Å²) in [4.78, 5) is 10.5. The normalized spacial score (nSPS) is 12.0. The molecule has 7 nitrogen and oxygen atoms in total. The molecule has 0 aliphatic heterocycles. The molecule has 0 radical (unpaired) electrons. The van der Waals surface area contributed by atoms with Gasteiger partial charge in [-0.2, -0.15) is 5.01 Å². The van der Waals surface area contributed by atoms with Gasteiger partial charge in [-0.05, 0) is 33.8 Å². The molecule has 0 fully saturated rings. The van der Waals surface area contributed by atoms with Crippen LogP contribution in [0.25, 0.3) is 0 Å². The van der Waals surface area contributed by atoms with E-state index < -0.39 is 4.92 Å². The Morgan fingerprint density at radius 2 is 1.63 bits per heavy atom. The third-order valence-electron chi connectivity index (χ3n) is 2.50. The highest BCUT2D eigenvalue weighted by molar-refractivity contribution is 5.42. The molecule has 1 rings (SSSR count). The zero-order valence-corrected chi connectivity index (χ0v) is 11.5. The first-order valence-electron chi connectivity index (χ1n) is 6.04. The summed E-state index contributed by atoms with van der Waals surface area (Å²) in [5, 5.41) is 28.2. The molecule has 1 aromatic carbocycles. The van der Waals surface area contributed by atoms with E-state index in [1.807, 2.05) is 27.7 Å². The van der Waals surface area contributed by atoms with Crippen molar-refractivity contribution in [2.45, 2.75) is 39.8 Å². The molecule has 0 N–H and O–H groups in total. The van der Waals surface area contributed by atoms with Crippen LogP contribution in [0.3, 0.4) is 0 Å². The number of nitro benzene ring substituents is 1. The molecule has 0 aliphatic carbocycles. The smallest absolute Gasteiger partial charge is 0.273 e. The average molecular weight is 266 g/mol. The van der Waals surface area contributed by atoms with Gasteiger partial charge in [-0.25, -0.2) is 0 Å². The summed E-state index contributed by atoms with van der Waals surface area (Å²) in [5.74, 6) is 0. The van der Waals surface area contributed by atoms with Crippen molar-refractivity contribution < 1.29 is 9.78 Å². The monoisotopic (exact) mass is 266 g/mol. The van der Waals surface area contributed by atoms with Crippen molar-refractivity contribution in [1.82, 2.24) is 5.01 Å². The fraction of sp³-hybridized carbons (Fsp3) is 0.500. The fourth-order valence-corrected chi connectivity index (χ4v) is 1.67. The van der Waals surface area contributed by atoms with Crippen molar-refractivity contribution in [3.05, 3.63) is 39.6 Å². The lowest BCUT2D eigenvalue weighted by Gasteiger charge is -2.20. The lowest BCUT2D eigenvalue weighted by atomic mass is 10.3. The van der Waals surface area contributed by atoms with Gasteiger partial charge in [0.2, 0.25) is 0 Å². The summed E-state index contributed by atoms with van der Waals surface area (Å²) in [6, 6.07) is 5.62. The van der Waals surface area contributed by atoms with Gasteiger partial charge in [0.25, 0.3) is 5.69 Å². The van der Waals surface area contributed by atoms with Crippen LogP contribution in [0.1, 0.15) is 27.7 Å². The lowest BCUT2D eigenvalue weighted by Crippen LogP contribution is -2.33. The highest BCUT2D eigenvalue weighted by Gasteiger charge is 2.19. The lowest BCUT2D eigenvalue weighted by molar-refractivity contribution is -0.465. The van der Waals surface area contributed by atoms with Crippen molar-refractivity contribution in [3.8, 4) is 0 Å². The van der Waals surface area contributed by atoms with Crippen molar-refractivity contribution in [2.24, 2.45) is 5.22 Å². The van der Waals surface area contributed by atoms with Crippen LogP contribution in [0.5, 0.6) is 0 Å². The molecule has 7 heteroatoms.